The van der Waals surface area contributed by atoms with Gasteiger partial charge in [0.15, 0.2) is 0 Å². The van der Waals surface area contributed by atoms with Crippen molar-refractivity contribution in [2.24, 2.45) is 5.92 Å². The van der Waals surface area contributed by atoms with Gasteiger partial charge in [-0.15, -0.1) is 0 Å². The zero-order valence-electron chi connectivity index (χ0n) is 10.3. The van der Waals surface area contributed by atoms with Gasteiger partial charge in [-0.05, 0) is 37.2 Å². The third kappa shape index (κ3) is 2.30. The molecular weight excluding hydrogens is 196 g/mol. The topological polar surface area (TPSA) is 20.2 Å². The molecule has 1 fully saturated rings. The van der Waals surface area contributed by atoms with Gasteiger partial charge in [0.2, 0.25) is 0 Å². The van der Waals surface area contributed by atoms with Crippen molar-refractivity contribution in [3.8, 4) is 0 Å². The first-order valence-electron chi connectivity index (χ1n) is 6.39. The van der Waals surface area contributed by atoms with Crippen LogP contribution in [0.1, 0.15) is 45.1 Å². The highest BCUT2D eigenvalue weighted by atomic mass is 16.3. The minimum atomic E-state index is -0.155. The van der Waals surface area contributed by atoms with Crippen LogP contribution < -0.4 is 0 Å². The lowest BCUT2D eigenvalue weighted by Gasteiger charge is -2.23. The second kappa shape index (κ2) is 4.58. The Morgan fingerprint density at radius 3 is 2.25 bits per heavy atom. The highest BCUT2D eigenvalue weighted by Gasteiger charge is 2.49. The van der Waals surface area contributed by atoms with Gasteiger partial charge in [-0.3, -0.25) is 0 Å². The molecule has 0 saturated heterocycles. The second-order valence-electron chi connectivity index (χ2n) is 5.51. The third-order valence-electron chi connectivity index (χ3n) is 3.79. The van der Waals surface area contributed by atoms with E-state index in [0.717, 1.165) is 25.7 Å². The van der Waals surface area contributed by atoms with E-state index in [1.54, 1.807) is 0 Å². The van der Waals surface area contributed by atoms with E-state index in [9.17, 15) is 5.11 Å². The molecule has 1 nitrogen and oxygen atoms in total. The predicted molar refractivity (Wildman–Crippen MR) is 67.4 cm³/mol. The lowest BCUT2D eigenvalue weighted by molar-refractivity contribution is 0.115. The fourth-order valence-electron chi connectivity index (χ4n) is 2.49. The number of benzene rings is 1. The Morgan fingerprint density at radius 2 is 1.75 bits per heavy atom. The van der Waals surface area contributed by atoms with E-state index >= 15 is 0 Å². The van der Waals surface area contributed by atoms with Crippen LogP contribution in [0.15, 0.2) is 30.3 Å². The van der Waals surface area contributed by atoms with Crippen LogP contribution in [-0.2, 0) is 5.41 Å². The van der Waals surface area contributed by atoms with E-state index in [1.165, 1.54) is 5.56 Å². The minimum Gasteiger partial charge on any atom is -0.392 e. The van der Waals surface area contributed by atoms with Crippen LogP contribution in [0.4, 0.5) is 0 Å². The van der Waals surface area contributed by atoms with E-state index < -0.39 is 0 Å². The minimum absolute atomic E-state index is 0.0934. The number of aliphatic hydroxyl groups is 1. The van der Waals surface area contributed by atoms with E-state index in [4.69, 9.17) is 0 Å². The number of rotatable bonds is 5. The molecule has 0 heterocycles. The first-order chi connectivity index (χ1) is 7.65. The van der Waals surface area contributed by atoms with E-state index in [1.807, 2.05) is 6.07 Å². The maximum atomic E-state index is 10.3. The van der Waals surface area contributed by atoms with Gasteiger partial charge in [0.1, 0.15) is 0 Å². The first kappa shape index (κ1) is 11.7. The van der Waals surface area contributed by atoms with Crippen molar-refractivity contribution in [3.63, 3.8) is 0 Å². The fraction of sp³-hybridized carbons (Fsp3) is 0.600. The molecule has 1 aromatic rings. The summed E-state index contributed by atoms with van der Waals surface area (Å²) in [6.45, 7) is 4.43. The summed E-state index contributed by atoms with van der Waals surface area (Å²) in [5.41, 5.74) is 1.42. The summed E-state index contributed by atoms with van der Waals surface area (Å²) in [6.07, 6.45) is 4.20. The second-order valence-corrected chi connectivity index (χ2v) is 5.51. The van der Waals surface area contributed by atoms with Crippen LogP contribution >= 0.6 is 0 Å². The van der Waals surface area contributed by atoms with Gasteiger partial charge in [0, 0.05) is 5.41 Å². The van der Waals surface area contributed by atoms with Crippen LogP contribution in [0.25, 0.3) is 0 Å². The lowest BCUT2D eigenvalue weighted by atomic mass is 9.86. The van der Waals surface area contributed by atoms with Crippen molar-refractivity contribution in [1.29, 1.82) is 0 Å². The zero-order chi connectivity index (χ0) is 11.6. The number of hydrogen-bond donors (Lipinski definition) is 1. The highest BCUT2D eigenvalue weighted by molar-refractivity contribution is 5.32. The molecule has 1 N–H and O–H groups in total. The normalized spacial score (nSPS) is 19.8. The molecule has 0 aromatic heterocycles. The summed E-state index contributed by atoms with van der Waals surface area (Å²) in [5.74, 6) is 0.682. The lowest BCUT2D eigenvalue weighted by Crippen LogP contribution is -2.26. The summed E-state index contributed by atoms with van der Waals surface area (Å²) in [7, 11) is 0. The summed E-state index contributed by atoms with van der Waals surface area (Å²) in [5, 5.41) is 10.3. The average molecular weight is 218 g/mol. The Bertz CT molecular complexity index is 325. The zero-order valence-corrected chi connectivity index (χ0v) is 10.3. The van der Waals surface area contributed by atoms with Crippen LogP contribution in [-0.4, -0.2) is 11.2 Å². The van der Waals surface area contributed by atoms with Gasteiger partial charge < -0.3 is 5.11 Å². The molecule has 1 aliphatic rings. The van der Waals surface area contributed by atoms with Crippen molar-refractivity contribution >= 4 is 0 Å². The molecule has 0 amide bonds. The molecule has 0 bridgehead atoms. The molecule has 0 aliphatic heterocycles. The first-order valence-corrected chi connectivity index (χ1v) is 6.39. The molecular formula is C15H22O. The predicted octanol–water partition coefficient (Wildman–Crippen LogP) is 3.52. The molecule has 88 valence electrons. The maximum absolute atomic E-state index is 10.3. The molecule has 1 unspecified atom stereocenters. The summed E-state index contributed by atoms with van der Waals surface area (Å²) < 4.78 is 0. The van der Waals surface area contributed by atoms with Gasteiger partial charge in [-0.1, -0.05) is 44.2 Å². The molecule has 1 heteroatoms. The van der Waals surface area contributed by atoms with Gasteiger partial charge in [-0.25, -0.2) is 0 Å². The van der Waals surface area contributed by atoms with E-state index in [0.29, 0.717) is 5.92 Å². The van der Waals surface area contributed by atoms with Crippen LogP contribution in [0.3, 0.4) is 0 Å². The third-order valence-corrected chi connectivity index (χ3v) is 3.79. The summed E-state index contributed by atoms with van der Waals surface area (Å²) >= 11 is 0. The van der Waals surface area contributed by atoms with Gasteiger partial charge in [0.05, 0.1) is 6.10 Å². The Balaban J connectivity index is 2.03. The average Bonchev–Trinajstić information content (AvgIpc) is 3.08. The molecule has 1 aromatic carbocycles. The van der Waals surface area contributed by atoms with Crippen molar-refractivity contribution in [2.45, 2.75) is 51.0 Å². The Morgan fingerprint density at radius 1 is 1.12 bits per heavy atom. The monoisotopic (exact) mass is 218 g/mol. The Hall–Kier alpha value is -0.820. The molecule has 0 radical (unpaired) electrons. The quantitative estimate of drug-likeness (QED) is 0.801. The maximum Gasteiger partial charge on any atom is 0.0636 e. The SMILES string of the molecule is CC(C)CCC(O)C1(c2ccccc2)CC1. The van der Waals surface area contributed by atoms with Crippen LogP contribution in [0, 0.1) is 5.92 Å². The van der Waals surface area contributed by atoms with Crippen molar-refractivity contribution in [2.75, 3.05) is 0 Å². The van der Waals surface area contributed by atoms with Gasteiger partial charge in [-0.2, -0.15) is 0 Å². The van der Waals surface area contributed by atoms with Crippen molar-refractivity contribution in [3.05, 3.63) is 35.9 Å². The van der Waals surface area contributed by atoms with E-state index in [2.05, 4.69) is 38.1 Å². The molecule has 0 spiro atoms. The van der Waals surface area contributed by atoms with Crippen molar-refractivity contribution in [1.82, 2.24) is 0 Å². The Labute approximate surface area is 98.5 Å². The number of aliphatic hydroxyl groups excluding tert-OH is 1. The molecule has 1 saturated carbocycles. The van der Waals surface area contributed by atoms with Gasteiger partial charge in [0.25, 0.3) is 0 Å². The molecule has 1 atom stereocenters. The van der Waals surface area contributed by atoms with Crippen molar-refractivity contribution < 1.29 is 5.11 Å². The van der Waals surface area contributed by atoms with Crippen LogP contribution in [0.5, 0.6) is 0 Å². The molecule has 1 aliphatic carbocycles. The molecule has 2 rings (SSSR count). The molecule has 16 heavy (non-hydrogen) atoms. The summed E-state index contributed by atoms with van der Waals surface area (Å²) in [6, 6.07) is 10.5. The smallest absolute Gasteiger partial charge is 0.0636 e. The Kier molecular flexibility index (Phi) is 3.34. The summed E-state index contributed by atoms with van der Waals surface area (Å²) in [4.78, 5) is 0. The number of hydrogen-bond acceptors (Lipinski definition) is 1. The van der Waals surface area contributed by atoms with Gasteiger partial charge >= 0.3 is 0 Å². The standard InChI is InChI=1S/C15H22O/c1-12(2)8-9-14(16)15(10-11-15)13-6-4-3-5-7-13/h3-7,12,14,16H,8-11H2,1-2H3. The fourth-order valence-corrected chi connectivity index (χ4v) is 2.49. The largest absolute Gasteiger partial charge is 0.392 e. The van der Waals surface area contributed by atoms with E-state index in [-0.39, 0.29) is 11.5 Å². The van der Waals surface area contributed by atoms with Crippen LogP contribution in [0.2, 0.25) is 0 Å². The highest BCUT2D eigenvalue weighted by Crippen LogP contribution is 2.52.